The highest BCUT2D eigenvalue weighted by atomic mass is 16.5. The molecule has 0 aromatic heterocycles. The molecule has 1 radical (unpaired) electrons. The standard InChI is InChI=1S/C15H13O3/c1-11-7-9-13(10-8-11)18-14(15(16)17)12-5-3-2-4-6-12/h2-10,14H,1H2,(H,16,17). The average molecular weight is 241 g/mol. The van der Waals surface area contributed by atoms with Gasteiger partial charge in [0.15, 0.2) is 0 Å². The molecule has 91 valence electrons. The molecule has 0 aliphatic heterocycles. The molecule has 3 heteroatoms. The van der Waals surface area contributed by atoms with Gasteiger partial charge >= 0.3 is 5.97 Å². The van der Waals surface area contributed by atoms with Crippen LogP contribution in [-0.4, -0.2) is 11.1 Å². The van der Waals surface area contributed by atoms with Crippen molar-refractivity contribution in [1.82, 2.24) is 0 Å². The van der Waals surface area contributed by atoms with Crippen molar-refractivity contribution in [3.63, 3.8) is 0 Å². The largest absolute Gasteiger partial charge is 0.478 e. The third-order valence-corrected chi connectivity index (χ3v) is 2.50. The van der Waals surface area contributed by atoms with Crippen LogP contribution in [0.1, 0.15) is 17.2 Å². The van der Waals surface area contributed by atoms with E-state index in [-0.39, 0.29) is 0 Å². The number of hydrogen-bond acceptors (Lipinski definition) is 2. The van der Waals surface area contributed by atoms with E-state index in [9.17, 15) is 9.90 Å². The molecule has 1 unspecified atom stereocenters. The SMILES string of the molecule is [CH2]c1ccc(OC(C(=O)O)c2ccccc2)cc1. The van der Waals surface area contributed by atoms with E-state index in [2.05, 4.69) is 6.92 Å². The van der Waals surface area contributed by atoms with Crippen LogP contribution in [0.4, 0.5) is 0 Å². The summed E-state index contributed by atoms with van der Waals surface area (Å²) < 4.78 is 5.49. The van der Waals surface area contributed by atoms with Crippen molar-refractivity contribution < 1.29 is 14.6 Å². The minimum atomic E-state index is -1.01. The first-order chi connectivity index (χ1) is 8.66. The van der Waals surface area contributed by atoms with Crippen LogP contribution in [-0.2, 0) is 4.79 Å². The highest BCUT2D eigenvalue weighted by Gasteiger charge is 2.21. The summed E-state index contributed by atoms with van der Waals surface area (Å²) in [5.41, 5.74) is 1.47. The van der Waals surface area contributed by atoms with Gasteiger partial charge in [0.25, 0.3) is 0 Å². The molecular weight excluding hydrogens is 228 g/mol. The van der Waals surface area contributed by atoms with Crippen molar-refractivity contribution in [2.24, 2.45) is 0 Å². The fourth-order valence-electron chi connectivity index (χ4n) is 1.59. The van der Waals surface area contributed by atoms with Crippen LogP contribution in [0.15, 0.2) is 54.6 Å². The van der Waals surface area contributed by atoms with E-state index in [1.807, 2.05) is 6.07 Å². The van der Waals surface area contributed by atoms with Crippen LogP contribution in [0.2, 0.25) is 0 Å². The fraction of sp³-hybridized carbons (Fsp3) is 0.0667. The fourth-order valence-corrected chi connectivity index (χ4v) is 1.59. The lowest BCUT2D eigenvalue weighted by Gasteiger charge is -2.15. The highest BCUT2D eigenvalue weighted by molar-refractivity contribution is 5.74. The summed E-state index contributed by atoms with van der Waals surface area (Å²) in [4.78, 5) is 11.2. The van der Waals surface area contributed by atoms with Crippen LogP contribution in [0.25, 0.3) is 0 Å². The third kappa shape index (κ3) is 2.88. The van der Waals surface area contributed by atoms with Crippen molar-refractivity contribution in [3.05, 3.63) is 72.6 Å². The molecule has 0 aliphatic carbocycles. The number of aliphatic carboxylic acids is 1. The predicted molar refractivity (Wildman–Crippen MR) is 68.3 cm³/mol. The molecule has 0 spiro atoms. The first kappa shape index (κ1) is 12.2. The van der Waals surface area contributed by atoms with Gasteiger partial charge in [-0.05, 0) is 24.6 Å². The van der Waals surface area contributed by atoms with Gasteiger partial charge in [-0.25, -0.2) is 4.79 Å². The minimum Gasteiger partial charge on any atom is -0.478 e. The van der Waals surface area contributed by atoms with E-state index in [1.165, 1.54) is 0 Å². The second kappa shape index (κ2) is 5.36. The maximum Gasteiger partial charge on any atom is 0.349 e. The Morgan fingerprint density at radius 3 is 2.22 bits per heavy atom. The van der Waals surface area contributed by atoms with Gasteiger partial charge in [-0.3, -0.25) is 0 Å². The second-order valence-electron chi connectivity index (χ2n) is 3.89. The Morgan fingerprint density at radius 1 is 1.06 bits per heavy atom. The molecule has 0 saturated carbocycles. The summed E-state index contributed by atoms with van der Waals surface area (Å²) in [5, 5.41) is 9.21. The topological polar surface area (TPSA) is 46.5 Å². The summed E-state index contributed by atoms with van der Waals surface area (Å²) in [5.74, 6) is -0.501. The smallest absolute Gasteiger partial charge is 0.349 e. The van der Waals surface area contributed by atoms with E-state index < -0.39 is 12.1 Å². The summed E-state index contributed by atoms with van der Waals surface area (Å²) >= 11 is 0. The normalized spacial score (nSPS) is 11.8. The zero-order valence-electron chi connectivity index (χ0n) is 9.74. The van der Waals surface area contributed by atoms with Crippen molar-refractivity contribution in [2.45, 2.75) is 6.10 Å². The lowest BCUT2D eigenvalue weighted by Crippen LogP contribution is -2.18. The van der Waals surface area contributed by atoms with E-state index in [0.717, 1.165) is 5.56 Å². The van der Waals surface area contributed by atoms with E-state index in [0.29, 0.717) is 11.3 Å². The minimum absolute atomic E-state index is 0.513. The van der Waals surface area contributed by atoms with Gasteiger partial charge in [0.1, 0.15) is 5.75 Å². The predicted octanol–water partition coefficient (Wildman–Crippen LogP) is 3.07. The second-order valence-corrected chi connectivity index (χ2v) is 3.89. The average Bonchev–Trinajstić information content (AvgIpc) is 2.38. The number of benzene rings is 2. The maximum absolute atomic E-state index is 11.2. The monoisotopic (exact) mass is 241 g/mol. The molecule has 2 rings (SSSR count). The molecule has 0 saturated heterocycles. The van der Waals surface area contributed by atoms with Gasteiger partial charge in [0.2, 0.25) is 6.10 Å². The van der Waals surface area contributed by atoms with Gasteiger partial charge in [-0.15, -0.1) is 0 Å². The lowest BCUT2D eigenvalue weighted by molar-refractivity contribution is -0.145. The molecule has 0 fully saturated rings. The molecule has 2 aromatic carbocycles. The van der Waals surface area contributed by atoms with Crippen LogP contribution in [0.5, 0.6) is 5.75 Å². The summed E-state index contributed by atoms with van der Waals surface area (Å²) in [6.07, 6.45) is -0.998. The summed E-state index contributed by atoms with van der Waals surface area (Å²) in [7, 11) is 0. The summed E-state index contributed by atoms with van der Waals surface area (Å²) in [6.45, 7) is 3.76. The Labute approximate surface area is 106 Å². The van der Waals surface area contributed by atoms with Crippen LogP contribution >= 0.6 is 0 Å². The lowest BCUT2D eigenvalue weighted by atomic mass is 10.1. The third-order valence-electron chi connectivity index (χ3n) is 2.50. The number of ether oxygens (including phenoxy) is 1. The summed E-state index contributed by atoms with van der Waals surface area (Å²) in [6, 6.07) is 15.8. The Kier molecular flexibility index (Phi) is 3.63. The highest BCUT2D eigenvalue weighted by Crippen LogP contribution is 2.22. The van der Waals surface area contributed by atoms with Crippen molar-refractivity contribution in [1.29, 1.82) is 0 Å². The van der Waals surface area contributed by atoms with Gasteiger partial charge in [-0.1, -0.05) is 42.5 Å². The molecule has 18 heavy (non-hydrogen) atoms. The van der Waals surface area contributed by atoms with Gasteiger partial charge in [0.05, 0.1) is 0 Å². The van der Waals surface area contributed by atoms with E-state index in [4.69, 9.17) is 4.74 Å². The van der Waals surface area contributed by atoms with Crippen molar-refractivity contribution in [2.75, 3.05) is 0 Å². The molecular formula is C15H13O3. The van der Waals surface area contributed by atoms with Crippen molar-refractivity contribution >= 4 is 5.97 Å². The Morgan fingerprint density at radius 2 is 1.67 bits per heavy atom. The number of carbonyl (C=O) groups is 1. The van der Waals surface area contributed by atoms with Gasteiger partial charge < -0.3 is 9.84 Å². The quantitative estimate of drug-likeness (QED) is 0.894. The van der Waals surface area contributed by atoms with Crippen molar-refractivity contribution in [3.8, 4) is 5.75 Å². The van der Waals surface area contributed by atoms with Crippen LogP contribution in [0.3, 0.4) is 0 Å². The molecule has 0 amide bonds. The number of hydrogen-bond donors (Lipinski definition) is 1. The number of carboxylic acids is 1. The number of carboxylic acid groups (broad SMARTS) is 1. The molecule has 1 N–H and O–H groups in total. The Hall–Kier alpha value is -2.29. The van der Waals surface area contributed by atoms with Gasteiger partial charge in [0, 0.05) is 5.56 Å². The molecule has 2 aromatic rings. The van der Waals surface area contributed by atoms with Crippen LogP contribution in [0, 0.1) is 6.92 Å². The molecule has 0 bridgehead atoms. The number of rotatable bonds is 4. The van der Waals surface area contributed by atoms with E-state index in [1.54, 1.807) is 48.5 Å². The van der Waals surface area contributed by atoms with E-state index >= 15 is 0 Å². The zero-order chi connectivity index (χ0) is 13.0. The zero-order valence-corrected chi connectivity index (χ0v) is 9.74. The van der Waals surface area contributed by atoms with Gasteiger partial charge in [-0.2, -0.15) is 0 Å². The Bertz CT molecular complexity index is 517. The Balaban J connectivity index is 2.22. The molecule has 3 nitrogen and oxygen atoms in total. The first-order valence-corrected chi connectivity index (χ1v) is 5.53. The molecule has 1 atom stereocenters. The molecule has 0 aliphatic rings. The molecule has 0 heterocycles. The maximum atomic E-state index is 11.2. The van der Waals surface area contributed by atoms with Crippen LogP contribution < -0.4 is 4.74 Å². The first-order valence-electron chi connectivity index (χ1n) is 5.53.